The molecule has 1 unspecified atom stereocenters. The number of nitrogens with zero attached hydrogens (tertiary/aromatic N) is 4. The fraction of sp³-hybridized carbons (Fsp3) is 0.562. The molecular weight excluding hydrogens is 262 g/mol. The quantitative estimate of drug-likeness (QED) is 0.768. The van der Waals surface area contributed by atoms with E-state index in [0.717, 1.165) is 50.3 Å². The molecule has 2 aromatic rings. The van der Waals surface area contributed by atoms with E-state index in [0.29, 0.717) is 6.04 Å². The van der Waals surface area contributed by atoms with Crippen molar-refractivity contribution in [1.82, 2.24) is 25.1 Å². The summed E-state index contributed by atoms with van der Waals surface area (Å²) in [6, 6.07) is 6.42. The molecule has 0 bridgehead atoms. The Morgan fingerprint density at radius 3 is 2.76 bits per heavy atom. The van der Waals surface area contributed by atoms with E-state index < -0.39 is 0 Å². The minimum Gasteiger partial charge on any atom is -0.313 e. The number of hydrogen-bond acceptors (Lipinski definition) is 4. The summed E-state index contributed by atoms with van der Waals surface area (Å²) in [5.41, 5.74) is 1.12. The second-order valence-electron chi connectivity index (χ2n) is 5.28. The number of nitrogens with one attached hydrogen (secondary N) is 1. The van der Waals surface area contributed by atoms with Crippen molar-refractivity contribution in [2.24, 2.45) is 0 Å². The van der Waals surface area contributed by atoms with E-state index in [9.17, 15) is 0 Å². The van der Waals surface area contributed by atoms with Gasteiger partial charge in [0, 0.05) is 37.3 Å². The molecule has 0 aliphatic heterocycles. The van der Waals surface area contributed by atoms with Gasteiger partial charge in [0.15, 0.2) is 0 Å². The molecular formula is C16H25N5. The van der Waals surface area contributed by atoms with E-state index in [-0.39, 0.29) is 0 Å². The molecule has 0 radical (unpaired) electrons. The maximum Gasteiger partial charge on any atom is 0.138 e. The molecule has 21 heavy (non-hydrogen) atoms. The second kappa shape index (κ2) is 8.52. The standard InChI is InChI=1S/C16H25N5/c1-3-8-17-15(11-14-7-5-6-9-18-14)12-16-19-13-20-21(16)10-4-2/h5-7,9,13,15,17H,3-4,8,10-12H2,1-2H3. The SMILES string of the molecule is CCCNC(Cc1ccccn1)Cc1ncnn1CCC. The highest BCUT2D eigenvalue weighted by atomic mass is 15.3. The van der Waals surface area contributed by atoms with Gasteiger partial charge in [0.25, 0.3) is 0 Å². The molecule has 0 aliphatic carbocycles. The lowest BCUT2D eigenvalue weighted by atomic mass is 10.1. The van der Waals surface area contributed by atoms with Gasteiger partial charge in [0.05, 0.1) is 0 Å². The zero-order chi connectivity index (χ0) is 14.9. The third kappa shape index (κ3) is 4.93. The molecule has 114 valence electrons. The Morgan fingerprint density at radius 2 is 2.05 bits per heavy atom. The molecule has 2 rings (SSSR count). The number of rotatable bonds is 9. The Labute approximate surface area is 126 Å². The van der Waals surface area contributed by atoms with Gasteiger partial charge in [-0.25, -0.2) is 4.98 Å². The average Bonchev–Trinajstić information content (AvgIpc) is 2.93. The average molecular weight is 287 g/mol. The first kappa shape index (κ1) is 15.6. The number of aromatic nitrogens is 4. The topological polar surface area (TPSA) is 55.6 Å². The van der Waals surface area contributed by atoms with Crippen LogP contribution < -0.4 is 5.32 Å². The summed E-state index contributed by atoms with van der Waals surface area (Å²) < 4.78 is 2.01. The molecule has 5 heteroatoms. The Morgan fingerprint density at radius 1 is 1.14 bits per heavy atom. The summed E-state index contributed by atoms with van der Waals surface area (Å²) in [7, 11) is 0. The van der Waals surface area contributed by atoms with Gasteiger partial charge in [-0.05, 0) is 31.5 Å². The molecule has 0 spiro atoms. The molecule has 0 saturated carbocycles. The van der Waals surface area contributed by atoms with Crippen LogP contribution in [0.15, 0.2) is 30.7 Å². The smallest absolute Gasteiger partial charge is 0.138 e. The van der Waals surface area contributed by atoms with Crippen LogP contribution in [0.2, 0.25) is 0 Å². The maximum absolute atomic E-state index is 4.43. The minimum absolute atomic E-state index is 0.347. The van der Waals surface area contributed by atoms with Crippen molar-refractivity contribution in [2.45, 2.75) is 52.1 Å². The third-order valence-corrected chi connectivity index (χ3v) is 3.42. The highest BCUT2D eigenvalue weighted by Crippen LogP contribution is 2.06. The highest BCUT2D eigenvalue weighted by Gasteiger charge is 2.14. The van der Waals surface area contributed by atoms with Crippen LogP contribution in [-0.2, 0) is 19.4 Å². The first-order chi connectivity index (χ1) is 10.3. The molecule has 0 aliphatic rings. The monoisotopic (exact) mass is 287 g/mol. The van der Waals surface area contributed by atoms with E-state index in [1.54, 1.807) is 6.33 Å². The fourth-order valence-corrected chi connectivity index (χ4v) is 2.40. The Bertz CT molecular complexity index is 508. The van der Waals surface area contributed by atoms with E-state index in [4.69, 9.17) is 0 Å². The van der Waals surface area contributed by atoms with Crippen LogP contribution in [0.5, 0.6) is 0 Å². The molecule has 0 amide bonds. The number of aryl methyl sites for hydroxylation is 1. The second-order valence-corrected chi connectivity index (χ2v) is 5.28. The lowest BCUT2D eigenvalue weighted by molar-refractivity contribution is 0.469. The molecule has 2 aromatic heterocycles. The minimum atomic E-state index is 0.347. The van der Waals surface area contributed by atoms with Crippen LogP contribution in [0.3, 0.4) is 0 Å². The van der Waals surface area contributed by atoms with Crippen molar-refractivity contribution in [3.63, 3.8) is 0 Å². The third-order valence-electron chi connectivity index (χ3n) is 3.42. The van der Waals surface area contributed by atoms with Crippen LogP contribution in [0.25, 0.3) is 0 Å². The van der Waals surface area contributed by atoms with Crippen LogP contribution in [0, 0.1) is 0 Å². The summed E-state index contributed by atoms with van der Waals surface area (Å²) in [5.74, 6) is 1.06. The Kier molecular flexibility index (Phi) is 6.34. The zero-order valence-electron chi connectivity index (χ0n) is 13.0. The fourth-order valence-electron chi connectivity index (χ4n) is 2.40. The van der Waals surface area contributed by atoms with Crippen molar-refractivity contribution in [2.75, 3.05) is 6.54 Å². The van der Waals surface area contributed by atoms with Gasteiger partial charge >= 0.3 is 0 Å². The molecule has 0 saturated heterocycles. The molecule has 2 heterocycles. The van der Waals surface area contributed by atoms with E-state index in [1.807, 2.05) is 23.0 Å². The summed E-state index contributed by atoms with van der Waals surface area (Å²) in [6.07, 6.45) is 7.51. The first-order valence-electron chi connectivity index (χ1n) is 7.83. The predicted molar refractivity (Wildman–Crippen MR) is 84.0 cm³/mol. The maximum atomic E-state index is 4.43. The molecule has 1 N–H and O–H groups in total. The number of pyridine rings is 1. The van der Waals surface area contributed by atoms with Crippen molar-refractivity contribution >= 4 is 0 Å². The van der Waals surface area contributed by atoms with Crippen molar-refractivity contribution in [3.8, 4) is 0 Å². The van der Waals surface area contributed by atoms with Gasteiger partial charge in [-0.3, -0.25) is 9.67 Å². The largest absolute Gasteiger partial charge is 0.313 e. The molecule has 0 aromatic carbocycles. The van der Waals surface area contributed by atoms with Gasteiger partial charge < -0.3 is 5.32 Å². The van der Waals surface area contributed by atoms with E-state index >= 15 is 0 Å². The number of hydrogen-bond donors (Lipinski definition) is 1. The van der Waals surface area contributed by atoms with Gasteiger partial charge in [0.2, 0.25) is 0 Å². The van der Waals surface area contributed by atoms with Gasteiger partial charge in [-0.1, -0.05) is 19.9 Å². The van der Waals surface area contributed by atoms with Crippen LogP contribution in [0.1, 0.15) is 38.2 Å². The van der Waals surface area contributed by atoms with Gasteiger partial charge in [-0.2, -0.15) is 5.10 Å². The van der Waals surface area contributed by atoms with Gasteiger partial charge in [0.1, 0.15) is 12.2 Å². The first-order valence-corrected chi connectivity index (χ1v) is 7.83. The summed E-state index contributed by atoms with van der Waals surface area (Å²) >= 11 is 0. The van der Waals surface area contributed by atoms with Crippen molar-refractivity contribution < 1.29 is 0 Å². The highest BCUT2D eigenvalue weighted by molar-refractivity contribution is 5.06. The van der Waals surface area contributed by atoms with Crippen molar-refractivity contribution in [3.05, 3.63) is 42.2 Å². The zero-order valence-corrected chi connectivity index (χ0v) is 13.0. The summed E-state index contributed by atoms with van der Waals surface area (Å²) in [4.78, 5) is 8.85. The van der Waals surface area contributed by atoms with E-state index in [2.05, 4.69) is 40.3 Å². The molecule has 0 fully saturated rings. The summed E-state index contributed by atoms with van der Waals surface area (Å²) in [6.45, 7) is 6.29. The predicted octanol–water partition coefficient (Wildman–Crippen LogP) is 2.24. The van der Waals surface area contributed by atoms with Crippen molar-refractivity contribution in [1.29, 1.82) is 0 Å². The summed E-state index contributed by atoms with van der Waals surface area (Å²) in [5, 5.41) is 7.91. The van der Waals surface area contributed by atoms with Crippen LogP contribution in [-0.4, -0.2) is 32.3 Å². The van der Waals surface area contributed by atoms with E-state index in [1.165, 1.54) is 0 Å². The molecule has 5 nitrogen and oxygen atoms in total. The Balaban J connectivity index is 2.03. The Hall–Kier alpha value is -1.75. The lowest BCUT2D eigenvalue weighted by Crippen LogP contribution is -2.35. The normalized spacial score (nSPS) is 12.5. The molecule has 1 atom stereocenters. The van der Waals surface area contributed by atoms with Crippen LogP contribution >= 0.6 is 0 Å². The lowest BCUT2D eigenvalue weighted by Gasteiger charge is -2.18. The van der Waals surface area contributed by atoms with Crippen LogP contribution in [0.4, 0.5) is 0 Å². The van der Waals surface area contributed by atoms with Gasteiger partial charge in [-0.15, -0.1) is 0 Å².